The smallest absolute Gasteiger partial charge is 0.242 e. The average Bonchev–Trinajstić information content (AvgIpc) is 3.33. The van der Waals surface area contributed by atoms with Gasteiger partial charge in [-0.25, -0.2) is 0 Å². The normalized spacial score (nSPS) is 25.3. The quantitative estimate of drug-likeness (QED) is 0.791. The van der Waals surface area contributed by atoms with Crippen molar-refractivity contribution in [2.75, 3.05) is 6.54 Å². The van der Waals surface area contributed by atoms with Crippen molar-refractivity contribution in [3.05, 3.63) is 70.8 Å². The molecule has 0 aliphatic heterocycles. The molecule has 2 N–H and O–H groups in total. The number of hydrogen-bond donors (Lipinski definition) is 2. The first-order chi connectivity index (χ1) is 14.6. The molecule has 2 atom stereocenters. The van der Waals surface area contributed by atoms with E-state index in [-0.39, 0.29) is 17.7 Å². The lowest BCUT2D eigenvalue weighted by molar-refractivity contribution is -0.130. The van der Waals surface area contributed by atoms with Gasteiger partial charge in [-0.3, -0.25) is 9.59 Å². The molecule has 2 bridgehead atoms. The molecule has 2 aromatic rings. The third kappa shape index (κ3) is 3.32. The summed E-state index contributed by atoms with van der Waals surface area (Å²) in [4.78, 5) is 25.1. The van der Waals surface area contributed by atoms with Gasteiger partial charge in [-0.1, -0.05) is 61.4 Å². The van der Waals surface area contributed by atoms with Gasteiger partial charge in [0.05, 0.1) is 0 Å². The van der Waals surface area contributed by atoms with E-state index in [2.05, 4.69) is 59.2 Å². The van der Waals surface area contributed by atoms with Crippen LogP contribution in [0, 0.1) is 11.8 Å². The molecule has 0 radical (unpaired) electrons. The lowest BCUT2D eigenvalue weighted by atomic mass is 9.59. The van der Waals surface area contributed by atoms with E-state index in [0.717, 1.165) is 32.1 Å². The van der Waals surface area contributed by atoms with Crippen LogP contribution in [0.15, 0.2) is 48.5 Å². The molecule has 2 aromatic carbocycles. The second-order valence-electron chi connectivity index (χ2n) is 9.24. The molecule has 6 rings (SSSR count). The summed E-state index contributed by atoms with van der Waals surface area (Å²) >= 11 is 0. The summed E-state index contributed by atoms with van der Waals surface area (Å²) in [7, 11) is 0. The van der Waals surface area contributed by atoms with Gasteiger partial charge in [-0.15, -0.1) is 0 Å². The standard InChI is InChI=1S/C26H30N2O2/c1-16(28-26(30)17-8-2-3-9-17)25(29)27-15-18-14-23-19-10-4-6-12-21(19)24(18)22-13-7-5-11-20(22)23/h4-7,10-13,16-18,23-24H,2-3,8-9,14-15H2,1H3,(H,27,29)(H,28,30). The summed E-state index contributed by atoms with van der Waals surface area (Å²) in [5.41, 5.74) is 5.71. The highest BCUT2D eigenvalue weighted by Gasteiger charge is 2.43. The summed E-state index contributed by atoms with van der Waals surface area (Å²) in [6.45, 7) is 2.44. The second-order valence-corrected chi connectivity index (χ2v) is 9.24. The summed E-state index contributed by atoms with van der Waals surface area (Å²) in [6.07, 6.45) is 5.19. The Labute approximate surface area is 178 Å². The van der Waals surface area contributed by atoms with Crippen molar-refractivity contribution >= 4 is 11.8 Å². The maximum absolute atomic E-state index is 12.7. The van der Waals surface area contributed by atoms with Crippen molar-refractivity contribution in [2.24, 2.45) is 11.8 Å². The Morgan fingerprint density at radius 1 is 0.933 bits per heavy atom. The number of rotatable bonds is 5. The highest BCUT2D eigenvalue weighted by atomic mass is 16.2. The van der Waals surface area contributed by atoms with Gasteiger partial charge >= 0.3 is 0 Å². The summed E-state index contributed by atoms with van der Waals surface area (Å²) in [6, 6.07) is 17.1. The van der Waals surface area contributed by atoms with Gasteiger partial charge in [0.2, 0.25) is 11.8 Å². The number of carbonyl (C=O) groups is 2. The van der Waals surface area contributed by atoms with Gasteiger partial charge in [0.1, 0.15) is 6.04 Å². The zero-order valence-corrected chi connectivity index (χ0v) is 17.6. The van der Waals surface area contributed by atoms with Crippen molar-refractivity contribution in [1.29, 1.82) is 0 Å². The Morgan fingerprint density at radius 3 is 2.10 bits per heavy atom. The van der Waals surface area contributed by atoms with Gasteiger partial charge in [-0.2, -0.15) is 0 Å². The van der Waals surface area contributed by atoms with Crippen LogP contribution in [0.4, 0.5) is 0 Å². The fourth-order valence-corrected chi connectivity index (χ4v) is 5.93. The van der Waals surface area contributed by atoms with E-state index in [1.165, 1.54) is 22.3 Å². The molecule has 0 saturated heterocycles. The van der Waals surface area contributed by atoms with Crippen LogP contribution >= 0.6 is 0 Å². The minimum atomic E-state index is -0.488. The molecule has 156 valence electrons. The van der Waals surface area contributed by atoms with Gasteiger partial charge in [-0.05, 0) is 54.4 Å². The van der Waals surface area contributed by atoms with E-state index in [9.17, 15) is 9.59 Å². The van der Waals surface area contributed by atoms with Crippen molar-refractivity contribution in [1.82, 2.24) is 10.6 Å². The first kappa shape index (κ1) is 19.3. The topological polar surface area (TPSA) is 58.2 Å². The molecule has 1 fully saturated rings. The molecule has 0 heterocycles. The third-order valence-corrected chi connectivity index (χ3v) is 7.44. The maximum atomic E-state index is 12.7. The number of amides is 2. The van der Waals surface area contributed by atoms with E-state index in [0.29, 0.717) is 24.3 Å². The fourth-order valence-electron chi connectivity index (χ4n) is 5.93. The Morgan fingerprint density at radius 2 is 1.50 bits per heavy atom. The maximum Gasteiger partial charge on any atom is 0.242 e. The van der Waals surface area contributed by atoms with Crippen LogP contribution in [-0.2, 0) is 9.59 Å². The number of fused-ring (bicyclic) bond motifs is 1. The largest absolute Gasteiger partial charge is 0.354 e. The Balaban J connectivity index is 1.27. The molecule has 2 amide bonds. The van der Waals surface area contributed by atoms with E-state index in [4.69, 9.17) is 0 Å². The minimum absolute atomic E-state index is 0.0368. The molecule has 30 heavy (non-hydrogen) atoms. The van der Waals surface area contributed by atoms with Crippen molar-refractivity contribution in [3.8, 4) is 0 Å². The molecular weight excluding hydrogens is 372 g/mol. The van der Waals surface area contributed by atoms with E-state index in [1.807, 2.05) is 0 Å². The summed E-state index contributed by atoms with van der Waals surface area (Å²) in [5.74, 6) is 1.15. The molecule has 1 saturated carbocycles. The lowest BCUT2D eigenvalue weighted by Gasteiger charge is -2.45. The highest BCUT2D eigenvalue weighted by molar-refractivity contribution is 5.88. The molecule has 0 spiro atoms. The van der Waals surface area contributed by atoms with E-state index < -0.39 is 6.04 Å². The second kappa shape index (κ2) is 7.90. The fraction of sp³-hybridized carbons (Fsp3) is 0.462. The summed E-state index contributed by atoms with van der Waals surface area (Å²) in [5, 5.41) is 6.06. The predicted octanol–water partition coefficient (Wildman–Crippen LogP) is 4.09. The van der Waals surface area contributed by atoms with Crippen molar-refractivity contribution < 1.29 is 9.59 Å². The minimum Gasteiger partial charge on any atom is -0.354 e. The predicted molar refractivity (Wildman–Crippen MR) is 117 cm³/mol. The highest BCUT2D eigenvalue weighted by Crippen LogP contribution is 2.55. The molecule has 4 aliphatic rings. The SMILES string of the molecule is CC(NC(=O)C1CCCC1)C(=O)NCC1CC2c3ccccc3C1c1ccccc12. The Hall–Kier alpha value is -2.62. The first-order valence-corrected chi connectivity index (χ1v) is 11.4. The number of nitrogens with one attached hydrogen (secondary N) is 2. The van der Waals surface area contributed by atoms with Gasteiger partial charge in [0.15, 0.2) is 0 Å². The van der Waals surface area contributed by atoms with Crippen LogP contribution in [0.3, 0.4) is 0 Å². The van der Waals surface area contributed by atoms with E-state index >= 15 is 0 Å². The number of benzene rings is 2. The van der Waals surface area contributed by atoms with Crippen LogP contribution in [-0.4, -0.2) is 24.4 Å². The molecule has 4 heteroatoms. The molecule has 4 nitrogen and oxygen atoms in total. The van der Waals surface area contributed by atoms with Gasteiger partial charge in [0.25, 0.3) is 0 Å². The Bertz CT molecular complexity index is 916. The third-order valence-electron chi connectivity index (χ3n) is 7.44. The molecule has 2 unspecified atom stereocenters. The van der Waals surface area contributed by atoms with Gasteiger partial charge in [0, 0.05) is 24.3 Å². The average molecular weight is 403 g/mol. The van der Waals surface area contributed by atoms with Crippen molar-refractivity contribution in [3.63, 3.8) is 0 Å². The summed E-state index contributed by atoms with van der Waals surface area (Å²) < 4.78 is 0. The zero-order chi connectivity index (χ0) is 20.7. The van der Waals surface area contributed by atoms with Crippen LogP contribution in [0.1, 0.15) is 73.1 Å². The lowest BCUT2D eigenvalue weighted by Crippen LogP contribution is -2.48. The van der Waals surface area contributed by atoms with E-state index in [1.54, 1.807) is 6.92 Å². The van der Waals surface area contributed by atoms with Crippen LogP contribution in [0.2, 0.25) is 0 Å². The monoisotopic (exact) mass is 402 g/mol. The van der Waals surface area contributed by atoms with Crippen LogP contribution < -0.4 is 10.6 Å². The molecule has 0 aromatic heterocycles. The zero-order valence-electron chi connectivity index (χ0n) is 17.6. The Kier molecular flexibility index (Phi) is 5.10. The van der Waals surface area contributed by atoms with Crippen LogP contribution in [0.5, 0.6) is 0 Å². The number of hydrogen-bond acceptors (Lipinski definition) is 2. The molecule has 4 aliphatic carbocycles. The van der Waals surface area contributed by atoms with Gasteiger partial charge < -0.3 is 10.6 Å². The first-order valence-electron chi connectivity index (χ1n) is 11.4. The van der Waals surface area contributed by atoms with Crippen molar-refractivity contribution in [2.45, 2.75) is 56.9 Å². The van der Waals surface area contributed by atoms with Crippen LogP contribution in [0.25, 0.3) is 0 Å². The number of carbonyl (C=O) groups excluding carboxylic acids is 2. The molecular formula is C26H30N2O2.